The smallest absolute Gasteiger partial charge is 0.386 e. The van der Waals surface area contributed by atoms with E-state index in [0.29, 0.717) is 0 Å². The fourth-order valence-electron chi connectivity index (χ4n) is 5.44. The van der Waals surface area contributed by atoms with Crippen molar-refractivity contribution in [2.75, 3.05) is 24.7 Å². The zero-order valence-electron chi connectivity index (χ0n) is 22.8. The lowest BCUT2D eigenvalue weighted by molar-refractivity contribution is -0.0667. The van der Waals surface area contributed by atoms with Gasteiger partial charge in [0.25, 0.3) is 5.56 Å². The minimum atomic E-state index is -5.13. The second kappa shape index (κ2) is 11.0. The standard InChI is InChI=1S/C20H24N10O14P2/c21-13-7-14(24-3-23-13)30(20(34)26-7)18-10(32)12-6(42-18)2-40-45(35,36)43-11-5(1-39-46(37,38)44-12)41-17(9(11)31)29-4-25-8-15(29)27-19(22)28-16(8)33/h3-6,9-12,17-18,31-32H,1-2H2,(H,26,34)(H,35,36)(H,37,38)(H2,21,23,24)(H3,22,27,28,33)/t5-,6-,9-,10-,11-,12-,17-,18-/m1/s1. The summed E-state index contributed by atoms with van der Waals surface area (Å²) in [5.74, 6) is -0.382. The third-order valence-corrected chi connectivity index (χ3v) is 9.42. The van der Waals surface area contributed by atoms with Crippen LogP contribution in [0.3, 0.4) is 0 Å². The molecule has 0 radical (unpaired) electrons. The number of H-pyrrole nitrogens is 2. The quantitative estimate of drug-likeness (QED) is 0.0968. The number of imidazole rings is 2. The Morgan fingerprint density at radius 1 is 0.870 bits per heavy atom. The molecule has 10 atom stereocenters. The van der Waals surface area contributed by atoms with Gasteiger partial charge in [-0.2, -0.15) is 4.98 Å². The fraction of sp³-hybridized carbons (Fsp3) is 0.500. The minimum absolute atomic E-state index is 0.00826. The molecule has 46 heavy (non-hydrogen) atoms. The number of aromatic nitrogens is 8. The largest absolute Gasteiger partial charge is 0.472 e. The van der Waals surface area contributed by atoms with E-state index < -0.39 is 89.2 Å². The molecule has 3 aliphatic heterocycles. The highest BCUT2D eigenvalue weighted by Crippen LogP contribution is 2.53. The number of phosphoric acid groups is 2. The molecular weight excluding hydrogens is 666 g/mol. The van der Waals surface area contributed by atoms with Crippen LogP contribution >= 0.6 is 15.6 Å². The van der Waals surface area contributed by atoms with Crippen molar-refractivity contribution < 1.29 is 56.7 Å². The summed E-state index contributed by atoms with van der Waals surface area (Å²) in [7, 11) is -10.2. The number of hydrogen-bond donors (Lipinski definition) is 8. The molecule has 26 heteroatoms. The van der Waals surface area contributed by atoms with E-state index in [-0.39, 0.29) is 34.1 Å². The van der Waals surface area contributed by atoms with Crippen LogP contribution in [0.15, 0.2) is 22.2 Å². The van der Waals surface area contributed by atoms with E-state index in [9.17, 15) is 38.7 Å². The highest BCUT2D eigenvalue weighted by Gasteiger charge is 2.54. The number of aliphatic hydroxyl groups is 2. The van der Waals surface area contributed by atoms with Gasteiger partial charge in [-0.15, -0.1) is 0 Å². The number of rotatable bonds is 2. The number of phosphoric ester groups is 2. The number of nitrogens with one attached hydrogen (secondary N) is 2. The second-order valence-electron chi connectivity index (χ2n) is 10.3. The number of fused-ring (bicyclic) bond motifs is 4. The summed E-state index contributed by atoms with van der Waals surface area (Å²) in [6.07, 6.45) is -11.3. The van der Waals surface area contributed by atoms with E-state index in [1.807, 2.05) is 0 Å². The Balaban J connectivity index is 1.18. The maximum Gasteiger partial charge on any atom is 0.472 e. The van der Waals surface area contributed by atoms with Gasteiger partial charge in [-0.1, -0.05) is 0 Å². The van der Waals surface area contributed by atoms with E-state index in [0.717, 1.165) is 21.8 Å². The SMILES string of the molecule is Nc1nc2c(ncn2[C@@H]2O[C@@H]3COP(=O)(O)O[C@H]4[C@@H](O)[C@H](n5c(=O)[nH]c6c(N)ncnc65)O[C@@H]4COP(=O)(O)O[C@H]3[C@H]2O)c(=O)[nH]1. The molecule has 10 N–H and O–H groups in total. The Labute approximate surface area is 253 Å². The van der Waals surface area contributed by atoms with Crippen molar-refractivity contribution in [2.24, 2.45) is 0 Å². The van der Waals surface area contributed by atoms with Crippen LogP contribution in [0.5, 0.6) is 0 Å². The van der Waals surface area contributed by atoms with Gasteiger partial charge in [0.2, 0.25) is 5.95 Å². The number of nitrogen functional groups attached to an aromatic ring is 2. The van der Waals surface area contributed by atoms with Crippen LogP contribution in [0.1, 0.15) is 12.5 Å². The highest BCUT2D eigenvalue weighted by molar-refractivity contribution is 7.47. The summed E-state index contributed by atoms with van der Waals surface area (Å²) in [6, 6.07) is 0. The summed E-state index contributed by atoms with van der Waals surface area (Å²) >= 11 is 0. The van der Waals surface area contributed by atoms with Crippen LogP contribution in [-0.4, -0.2) is 109 Å². The molecule has 24 nitrogen and oxygen atoms in total. The number of aromatic amines is 2. The maximum absolute atomic E-state index is 13.1. The first kappa shape index (κ1) is 31.0. The topological polar surface area (TPSA) is 350 Å². The van der Waals surface area contributed by atoms with Crippen molar-refractivity contribution in [1.82, 2.24) is 39.0 Å². The van der Waals surface area contributed by atoms with Gasteiger partial charge in [0.1, 0.15) is 48.5 Å². The van der Waals surface area contributed by atoms with E-state index >= 15 is 0 Å². The van der Waals surface area contributed by atoms with Gasteiger partial charge in [0.05, 0.1) is 19.5 Å². The van der Waals surface area contributed by atoms with Gasteiger partial charge in [0.15, 0.2) is 35.1 Å². The van der Waals surface area contributed by atoms with Crippen LogP contribution in [0.25, 0.3) is 22.3 Å². The molecule has 4 aromatic heterocycles. The molecule has 0 amide bonds. The zero-order chi connectivity index (χ0) is 32.7. The van der Waals surface area contributed by atoms with Crippen LogP contribution in [0.4, 0.5) is 11.8 Å². The Morgan fingerprint density at radius 2 is 1.48 bits per heavy atom. The molecule has 2 unspecified atom stereocenters. The second-order valence-corrected chi connectivity index (χ2v) is 13.1. The lowest BCUT2D eigenvalue weighted by Crippen LogP contribution is -2.39. The first-order chi connectivity index (χ1) is 21.7. The van der Waals surface area contributed by atoms with Crippen LogP contribution < -0.4 is 22.7 Å². The predicted molar refractivity (Wildman–Crippen MR) is 146 cm³/mol. The number of nitrogens with two attached hydrogens (primary N) is 2. The number of nitrogens with zero attached hydrogens (tertiary/aromatic N) is 6. The van der Waals surface area contributed by atoms with E-state index in [4.69, 9.17) is 39.0 Å². The molecule has 3 fully saturated rings. The first-order valence-corrected chi connectivity index (χ1v) is 16.1. The predicted octanol–water partition coefficient (Wildman–Crippen LogP) is -3.05. The van der Waals surface area contributed by atoms with Crippen LogP contribution in [0.2, 0.25) is 0 Å². The number of anilines is 2. The summed E-state index contributed by atoms with van der Waals surface area (Å²) < 4.78 is 60.2. The van der Waals surface area contributed by atoms with Crippen molar-refractivity contribution >= 4 is 49.7 Å². The first-order valence-electron chi connectivity index (χ1n) is 13.1. The Kier molecular flexibility index (Phi) is 7.39. The van der Waals surface area contributed by atoms with Gasteiger partial charge in [-0.3, -0.25) is 32.4 Å². The van der Waals surface area contributed by atoms with E-state index in [1.165, 1.54) is 0 Å². The molecule has 0 aromatic carbocycles. The molecule has 0 saturated carbocycles. The summed E-state index contributed by atoms with van der Waals surface area (Å²) in [4.78, 5) is 66.5. The molecule has 7 heterocycles. The molecule has 3 saturated heterocycles. The number of ether oxygens (including phenoxy) is 2. The molecule has 0 aliphatic carbocycles. The average Bonchev–Trinajstić information content (AvgIpc) is 3.70. The van der Waals surface area contributed by atoms with Gasteiger partial charge >= 0.3 is 21.3 Å². The van der Waals surface area contributed by atoms with E-state index in [1.54, 1.807) is 0 Å². The van der Waals surface area contributed by atoms with Crippen molar-refractivity contribution in [2.45, 2.75) is 49.1 Å². The molecule has 3 aliphatic rings. The lowest BCUT2D eigenvalue weighted by atomic mass is 10.1. The van der Waals surface area contributed by atoms with Crippen molar-refractivity contribution in [3.63, 3.8) is 0 Å². The molecule has 0 spiro atoms. The zero-order valence-corrected chi connectivity index (χ0v) is 24.6. The maximum atomic E-state index is 13.1. The van der Waals surface area contributed by atoms with Crippen LogP contribution in [0, 0.1) is 0 Å². The number of hydrogen-bond acceptors (Lipinski definition) is 18. The average molecular weight is 690 g/mol. The van der Waals surface area contributed by atoms with Crippen molar-refractivity contribution in [3.8, 4) is 0 Å². The molecule has 7 rings (SSSR count). The molecular formula is C20H24N10O14P2. The lowest BCUT2D eigenvalue weighted by Gasteiger charge is -2.27. The summed E-state index contributed by atoms with van der Waals surface area (Å²) in [5, 5.41) is 22.2. The van der Waals surface area contributed by atoms with Gasteiger partial charge in [-0.05, 0) is 0 Å². The third-order valence-electron chi connectivity index (χ3n) is 7.45. The molecule has 0 bridgehead atoms. The van der Waals surface area contributed by atoms with Crippen molar-refractivity contribution in [1.29, 1.82) is 0 Å². The fourth-order valence-corrected chi connectivity index (χ4v) is 7.36. The molecule has 4 aromatic rings. The van der Waals surface area contributed by atoms with Gasteiger partial charge in [-0.25, -0.2) is 33.4 Å². The Hall–Kier alpha value is -3.64. The van der Waals surface area contributed by atoms with Crippen molar-refractivity contribution in [3.05, 3.63) is 33.5 Å². The Bertz CT molecular complexity index is 2050. The number of aliphatic hydroxyl groups excluding tert-OH is 2. The summed E-state index contributed by atoms with van der Waals surface area (Å²) in [5.41, 5.74) is 9.47. The molecule has 248 valence electrons. The minimum Gasteiger partial charge on any atom is -0.386 e. The Morgan fingerprint density at radius 3 is 2.13 bits per heavy atom. The van der Waals surface area contributed by atoms with E-state index in [2.05, 4.69) is 29.9 Å². The van der Waals surface area contributed by atoms with Gasteiger partial charge < -0.3 is 45.9 Å². The third kappa shape index (κ3) is 5.23. The normalized spacial score (nSPS) is 37.1. The highest BCUT2D eigenvalue weighted by atomic mass is 31.2. The van der Waals surface area contributed by atoms with Gasteiger partial charge in [0, 0.05) is 0 Å². The monoisotopic (exact) mass is 690 g/mol. The van der Waals surface area contributed by atoms with Crippen LogP contribution in [-0.2, 0) is 36.7 Å². The summed E-state index contributed by atoms with van der Waals surface area (Å²) in [6.45, 7) is -1.79.